The van der Waals surface area contributed by atoms with Crippen LogP contribution in [0.15, 0.2) is 35.3 Å². The highest BCUT2D eigenvalue weighted by molar-refractivity contribution is 5.78. The molecule has 1 saturated carbocycles. The molecule has 27 heavy (non-hydrogen) atoms. The zero-order chi connectivity index (χ0) is 19.9. The van der Waals surface area contributed by atoms with Gasteiger partial charge in [0, 0.05) is 6.21 Å². The van der Waals surface area contributed by atoms with Crippen LogP contribution in [0.4, 0.5) is 0 Å². The minimum atomic E-state index is -0.354. The molecule has 4 atom stereocenters. The number of methoxy groups -OCH3 is 1. The number of hydrogen-bond donors (Lipinski definition) is 0. The Morgan fingerprint density at radius 2 is 2.00 bits per heavy atom. The second kappa shape index (κ2) is 10.1. The summed E-state index contributed by atoms with van der Waals surface area (Å²) < 4.78 is 4.98. The average molecular weight is 372 g/mol. The van der Waals surface area contributed by atoms with Crippen LogP contribution in [0, 0.1) is 17.8 Å². The van der Waals surface area contributed by atoms with Crippen molar-refractivity contribution < 1.29 is 9.53 Å². The number of benzene rings is 1. The Kier molecular flexibility index (Phi) is 8.07. The van der Waals surface area contributed by atoms with Crippen LogP contribution in [0.25, 0.3) is 0 Å². The molecule has 3 nitrogen and oxygen atoms in total. The standard InChI is InChI=1S/C24H37NO2/c1-6-7-13-22(23(26)27-5)25-17-19-16-18(2)14-15-21(19)24(3,4)20-11-9-8-10-12-20/h8-12,17-19,21-22H,6-7,13-16H2,1-5H3/t18-,19+,21-,22-/m1/s1. The lowest BCUT2D eigenvalue weighted by molar-refractivity contribution is -0.142. The summed E-state index contributed by atoms with van der Waals surface area (Å²) in [7, 11) is 1.46. The Balaban J connectivity index is 2.23. The molecule has 0 radical (unpaired) electrons. The van der Waals surface area contributed by atoms with Crippen LogP contribution in [0.1, 0.15) is 71.8 Å². The van der Waals surface area contributed by atoms with Crippen LogP contribution in [-0.4, -0.2) is 25.3 Å². The molecule has 0 spiro atoms. The third kappa shape index (κ3) is 5.67. The van der Waals surface area contributed by atoms with Crippen molar-refractivity contribution in [2.75, 3.05) is 7.11 Å². The maximum atomic E-state index is 12.1. The summed E-state index contributed by atoms with van der Waals surface area (Å²) in [5.74, 6) is 1.43. The van der Waals surface area contributed by atoms with Gasteiger partial charge < -0.3 is 4.74 Å². The minimum absolute atomic E-state index is 0.0856. The highest BCUT2D eigenvalue weighted by Gasteiger charge is 2.39. The van der Waals surface area contributed by atoms with E-state index >= 15 is 0 Å². The van der Waals surface area contributed by atoms with Gasteiger partial charge in [-0.15, -0.1) is 0 Å². The topological polar surface area (TPSA) is 38.7 Å². The Morgan fingerprint density at radius 3 is 2.63 bits per heavy atom. The van der Waals surface area contributed by atoms with Crippen molar-refractivity contribution >= 4 is 12.2 Å². The fourth-order valence-corrected chi connectivity index (χ4v) is 4.57. The van der Waals surface area contributed by atoms with Gasteiger partial charge in [-0.05, 0) is 48.0 Å². The van der Waals surface area contributed by atoms with Gasteiger partial charge in [0.05, 0.1) is 7.11 Å². The molecule has 150 valence electrons. The van der Waals surface area contributed by atoms with Crippen LogP contribution in [-0.2, 0) is 14.9 Å². The van der Waals surface area contributed by atoms with Crippen molar-refractivity contribution in [3.8, 4) is 0 Å². The van der Waals surface area contributed by atoms with Gasteiger partial charge in [-0.1, -0.05) is 77.3 Å². The summed E-state index contributed by atoms with van der Waals surface area (Å²) in [6.45, 7) is 9.19. The molecule has 1 aliphatic carbocycles. The molecule has 1 aromatic rings. The van der Waals surface area contributed by atoms with Gasteiger partial charge in [0.15, 0.2) is 0 Å². The SMILES string of the molecule is CCCC[C@@H](N=C[C@@H]1C[C@H](C)CC[C@H]1C(C)(C)c1ccccc1)C(=O)OC. The lowest BCUT2D eigenvalue weighted by Crippen LogP contribution is -2.39. The van der Waals surface area contributed by atoms with Crippen molar-refractivity contribution in [2.24, 2.45) is 22.7 Å². The Hall–Kier alpha value is -1.64. The number of carbonyl (C=O) groups excluding carboxylic acids is 1. The van der Waals surface area contributed by atoms with Gasteiger partial charge in [-0.2, -0.15) is 0 Å². The number of hydrogen-bond acceptors (Lipinski definition) is 3. The van der Waals surface area contributed by atoms with Gasteiger partial charge in [0.1, 0.15) is 6.04 Å². The molecule has 1 aliphatic rings. The minimum Gasteiger partial charge on any atom is -0.467 e. The van der Waals surface area contributed by atoms with E-state index in [4.69, 9.17) is 9.73 Å². The Labute approximate surface area is 165 Å². The van der Waals surface area contributed by atoms with E-state index in [0.29, 0.717) is 17.8 Å². The number of rotatable bonds is 8. The predicted octanol–water partition coefficient (Wildman–Crippen LogP) is 5.82. The van der Waals surface area contributed by atoms with E-state index in [2.05, 4.69) is 64.2 Å². The molecule has 1 fully saturated rings. The summed E-state index contributed by atoms with van der Waals surface area (Å²) >= 11 is 0. The number of ether oxygens (including phenoxy) is 1. The summed E-state index contributed by atoms with van der Waals surface area (Å²) in [5.41, 5.74) is 1.47. The number of unbranched alkanes of at least 4 members (excludes halogenated alkanes) is 1. The van der Waals surface area contributed by atoms with E-state index < -0.39 is 0 Å². The zero-order valence-corrected chi connectivity index (χ0v) is 17.8. The van der Waals surface area contributed by atoms with E-state index in [0.717, 1.165) is 25.7 Å². The maximum Gasteiger partial charge on any atom is 0.330 e. The Morgan fingerprint density at radius 1 is 1.30 bits per heavy atom. The van der Waals surface area contributed by atoms with Gasteiger partial charge in [0.25, 0.3) is 0 Å². The first-order valence-electron chi connectivity index (χ1n) is 10.6. The van der Waals surface area contributed by atoms with Crippen molar-refractivity contribution in [2.45, 2.75) is 77.7 Å². The third-order valence-electron chi connectivity index (χ3n) is 6.37. The van der Waals surface area contributed by atoms with Crippen molar-refractivity contribution in [3.05, 3.63) is 35.9 Å². The average Bonchev–Trinajstić information content (AvgIpc) is 2.68. The molecule has 0 N–H and O–H groups in total. The highest BCUT2D eigenvalue weighted by atomic mass is 16.5. The van der Waals surface area contributed by atoms with Gasteiger partial charge >= 0.3 is 5.97 Å². The molecule has 2 rings (SSSR count). The second-order valence-electron chi connectivity index (χ2n) is 8.76. The maximum absolute atomic E-state index is 12.1. The van der Waals surface area contributed by atoms with Crippen LogP contribution in [0.3, 0.4) is 0 Å². The highest BCUT2D eigenvalue weighted by Crippen LogP contribution is 2.45. The number of esters is 1. The molecule has 0 bridgehead atoms. The van der Waals surface area contributed by atoms with Crippen molar-refractivity contribution in [3.63, 3.8) is 0 Å². The first-order valence-corrected chi connectivity index (χ1v) is 10.6. The predicted molar refractivity (Wildman–Crippen MR) is 113 cm³/mol. The molecule has 0 aromatic heterocycles. The molecule has 1 aromatic carbocycles. The van der Waals surface area contributed by atoms with E-state index in [1.165, 1.54) is 25.5 Å². The molecule has 0 unspecified atom stereocenters. The molecule has 0 amide bonds. The fourth-order valence-electron chi connectivity index (χ4n) is 4.57. The van der Waals surface area contributed by atoms with Crippen LogP contribution >= 0.6 is 0 Å². The lowest BCUT2D eigenvalue weighted by Gasteiger charge is -2.43. The second-order valence-corrected chi connectivity index (χ2v) is 8.76. The molecular formula is C24H37NO2. The molecular weight excluding hydrogens is 334 g/mol. The lowest BCUT2D eigenvalue weighted by atomic mass is 9.61. The monoisotopic (exact) mass is 371 g/mol. The first-order chi connectivity index (χ1) is 12.9. The third-order valence-corrected chi connectivity index (χ3v) is 6.37. The van der Waals surface area contributed by atoms with Crippen LogP contribution < -0.4 is 0 Å². The molecule has 3 heteroatoms. The normalized spacial score (nSPS) is 24.7. The van der Waals surface area contributed by atoms with Gasteiger partial charge in [-0.25, -0.2) is 4.79 Å². The molecule has 0 heterocycles. The quantitative estimate of drug-likeness (QED) is 0.426. The fraction of sp³-hybridized carbons (Fsp3) is 0.667. The summed E-state index contributed by atoms with van der Waals surface area (Å²) in [5, 5.41) is 0. The van der Waals surface area contributed by atoms with E-state index in [1.54, 1.807) is 0 Å². The van der Waals surface area contributed by atoms with Gasteiger partial charge in [0.2, 0.25) is 0 Å². The van der Waals surface area contributed by atoms with E-state index in [9.17, 15) is 4.79 Å². The smallest absolute Gasteiger partial charge is 0.330 e. The summed E-state index contributed by atoms with van der Waals surface area (Å²) in [6.07, 6.45) is 8.55. The summed E-state index contributed by atoms with van der Waals surface area (Å²) in [4.78, 5) is 16.9. The van der Waals surface area contributed by atoms with E-state index in [-0.39, 0.29) is 17.4 Å². The zero-order valence-electron chi connectivity index (χ0n) is 17.8. The largest absolute Gasteiger partial charge is 0.467 e. The van der Waals surface area contributed by atoms with Crippen molar-refractivity contribution in [1.29, 1.82) is 0 Å². The van der Waals surface area contributed by atoms with Gasteiger partial charge in [-0.3, -0.25) is 4.99 Å². The number of aliphatic imine (C=N–C) groups is 1. The number of nitrogens with zero attached hydrogens (tertiary/aromatic N) is 1. The van der Waals surface area contributed by atoms with E-state index in [1.807, 2.05) is 0 Å². The molecule has 0 saturated heterocycles. The Bertz CT molecular complexity index is 608. The number of carbonyl (C=O) groups is 1. The first kappa shape index (κ1) is 21.7. The van der Waals surface area contributed by atoms with Crippen LogP contribution in [0.5, 0.6) is 0 Å². The molecule has 0 aliphatic heterocycles. The van der Waals surface area contributed by atoms with Crippen LogP contribution in [0.2, 0.25) is 0 Å². The summed E-state index contributed by atoms with van der Waals surface area (Å²) in [6, 6.07) is 10.5. The van der Waals surface area contributed by atoms with Crippen molar-refractivity contribution in [1.82, 2.24) is 0 Å².